The number of carboxylic acid groups (broad SMARTS) is 1. The van der Waals surface area contributed by atoms with Crippen LogP contribution in [-0.4, -0.2) is 16.2 Å². The van der Waals surface area contributed by atoms with E-state index in [0.29, 0.717) is 10.8 Å². The summed E-state index contributed by atoms with van der Waals surface area (Å²) in [6, 6.07) is 14.5. The number of aromatic carboxylic acids is 1. The molecule has 0 spiro atoms. The summed E-state index contributed by atoms with van der Waals surface area (Å²) in [6.45, 7) is 2.10. The fourth-order valence-electron chi connectivity index (χ4n) is 1.85. The quantitative estimate of drug-likeness (QED) is 0.751. The van der Waals surface area contributed by atoms with E-state index in [2.05, 4.69) is 17.6 Å². The minimum absolute atomic E-state index is 0.218. The zero-order chi connectivity index (χ0) is 15.2. The predicted molar refractivity (Wildman–Crippen MR) is 89.1 cm³/mol. The molecule has 108 valence electrons. The highest BCUT2D eigenvalue weighted by Gasteiger charge is 2.04. The number of carboxylic acids is 1. The van der Waals surface area contributed by atoms with Gasteiger partial charge in [-0.2, -0.15) is 0 Å². The van der Waals surface area contributed by atoms with Gasteiger partial charge in [0, 0.05) is 11.4 Å². The van der Waals surface area contributed by atoms with Crippen molar-refractivity contribution in [3.8, 4) is 0 Å². The highest BCUT2D eigenvalue weighted by atomic mass is 32.1. The number of carbonyl (C=O) groups is 1. The van der Waals surface area contributed by atoms with Crippen LogP contribution in [0.1, 0.15) is 22.8 Å². The van der Waals surface area contributed by atoms with Gasteiger partial charge < -0.3 is 15.7 Å². The molecule has 0 saturated carbocycles. The molecule has 5 heteroatoms. The van der Waals surface area contributed by atoms with Crippen LogP contribution in [0.25, 0.3) is 0 Å². The summed E-state index contributed by atoms with van der Waals surface area (Å²) in [4.78, 5) is 10.9. The van der Waals surface area contributed by atoms with Crippen LogP contribution in [0.3, 0.4) is 0 Å². The Morgan fingerprint density at radius 2 is 1.76 bits per heavy atom. The third-order valence-electron chi connectivity index (χ3n) is 2.99. The highest BCUT2D eigenvalue weighted by Crippen LogP contribution is 2.13. The van der Waals surface area contributed by atoms with Gasteiger partial charge in [0.25, 0.3) is 0 Å². The third kappa shape index (κ3) is 4.29. The first-order chi connectivity index (χ1) is 10.1. The van der Waals surface area contributed by atoms with Gasteiger partial charge in [0.1, 0.15) is 0 Å². The molecule has 21 heavy (non-hydrogen) atoms. The lowest BCUT2D eigenvalue weighted by Gasteiger charge is -2.11. The molecule has 4 nitrogen and oxygen atoms in total. The summed E-state index contributed by atoms with van der Waals surface area (Å²) in [5.41, 5.74) is 3.00. The van der Waals surface area contributed by atoms with Crippen LogP contribution in [0.2, 0.25) is 0 Å². The summed E-state index contributed by atoms with van der Waals surface area (Å²) in [5.74, 6) is -0.965. The molecule has 0 atom stereocenters. The van der Waals surface area contributed by atoms with Crippen LogP contribution in [0, 0.1) is 0 Å². The fraction of sp³-hybridized carbons (Fsp3) is 0.125. The van der Waals surface area contributed by atoms with Crippen LogP contribution >= 0.6 is 12.2 Å². The molecule has 0 amide bonds. The second-order valence-corrected chi connectivity index (χ2v) is 4.92. The Bertz CT molecular complexity index is 654. The maximum Gasteiger partial charge on any atom is 0.335 e. The van der Waals surface area contributed by atoms with Crippen LogP contribution in [0.5, 0.6) is 0 Å². The van der Waals surface area contributed by atoms with Gasteiger partial charge in [0.2, 0.25) is 0 Å². The first-order valence-electron chi connectivity index (χ1n) is 6.59. The van der Waals surface area contributed by atoms with Gasteiger partial charge in [-0.3, -0.25) is 0 Å². The number of aryl methyl sites for hydroxylation is 1. The zero-order valence-corrected chi connectivity index (χ0v) is 12.4. The van der Waals surface area contributed by atoms with Crippen molar-refractivity contribution < 1.29 is 9.90 Å². The first-order valence-corrected chi connectivity index (χ1v) is 6.99. The van der Waals surface area contributed by atoms with Crippen LogP contribution in [0.4, 0.5) is 11.4 Å². The SMILES string of the molecule is CCc1ccc(NC(=S)Nc2cccc(C(=O)O)c2)cc1. The van der Waals surface area contributed by atoms with Gasteiger partial charge in [-0.15, -0.1) is 0 Å². The average molecular weight is 300 g/mol. The molecule has 0 saturated heterocycles. The molecule has 0 radical (unpaired) electrons. The van der Waals surface area contributed by atoms with Crippen LogP contribution in [-0.2, 0) is 6.42 Å². The van der Waals surface area contributed by atoms with Crippen molar-refractivity contribution in [1.29, 1.82) is 0 Å². The third-order valence-corrected chi connectivity index (χ3v) is 3.19. The molecular weight excluding hydrogens is 284 g/mol. The molecule has 0 aliphatic heterocycles. The standard InChI is InChI=1S/C16H16N2O2S/c1-2-11-6-8-13(9-7-11)17-16(21)18-14-5-3-4-12(10-14)15(19)20/h3-10H,2H2,1H3,(H,19,20)(H2,17,18,21). The topological polar surface area (TPSA) is 61.4 Å². The van der Waals surface area contributed by atoms with Crippen molar-refractivity contribution in [2.75, 3.05) is 10.6 Å². The van der Waals surface area contributed by atoms with E-state index in [-0.39, 0.29) is 5.56 Å². The Balaban J connectivity index is 2.00. The predicted octanol–water partition coefficient (Wildman–Crippen LogP) is 3.76. The Hall–Kier alpha value is -2.40. The molecule has 2 aromatic rings. The Morgan fingerprint density at radius 1 is 1.10 bits per heavy atom. The second-order valence-electron chi connectivity index (χ2n) is 4.52. The monoisotopic (exact) mass is 300 g/mol. The molecule has 0 heterocycles. The largest absolute Gasteiger partial charge is 0.478 e. The Morgan fingerprint density at radius 3 is 2.38 bits per heavy atom. The van der Waals surface area contributed by atoms with Crippen LogP contribution in [0.15, 0.2) is 48.5 Å². The van der Waals surface area contributed by atoms with Crippen molar-refractivity contribution in [2.45, 2.75) is 13.3 Å². The second kappa shape index (κ2) is 6.85. The Kier molecular flexibility index (Phi) is 4.90. The van der Waals surface area contributed by atoms with E-state index in [1.807, 2.05) is 24.3 Å². The van der Waals surface area contributed by atoms with Crippen molar-refractivity contribution in [3.63, 3.8) is 0 Å². The lowest BCUT2D eigenvalue weighted by Crippen LogP contribution is -2.19. The number of rotatable bonds is 4. The normalized spacial score (nSPS) is 9.95. The number of anilines is 2. The fourth-order valence-corrected chi connectivity index (χ4v) is 2.08. The van der Waals surface area contributed by atoms with E-state index in [9.17, 15) is 4.79 Å². The summed E-state index contributed by atoms with van der Waals surface area (Å²) >= 11 is 5.22. The van der Waals surface area contributed by atoms with Crippen molar-refractivity contribution in [2.24, 2.45) is 0 Å². The summed E-state index contributed by atoms with van der Waals surface area (Å²) in [7, 11) is 0. The van der Waals surface area contributed by atoms with Gasteiger partial charge >= 0.3 is 5.97 Å². The van der Waals surface area contributed by atoms with Gasteiger partial charge in [0.15, 0.2) is 5.11 Å². The highest BCUT2D eigenvalue weighted by molar-refractivity contribution is 7.80. The number of nitrogens with one attached hydrogen (secondary N) is 2. The summed E-state index contributed by atoms with van der Waals surface area (Å²) < 4.78 is 0. The lowest BCUT2D eigenvalue weighted by atomic mass is 10.1. The first kappa shape index (κ1) is 15.0. The van der Waals surface area contributed by atoms with E-state index in [0.717, 1.165) is 12.1 Å². The molecule has 3 N–H and O–H groups in total. The van der Waals surface area contributed by atoms with Gasteiger partial charge in [-0.1, -0.05) is 25.1 Å². The molecule has 0 bridgehead atoms. The van der Waals surface area contributed by atoms with Gasteiger partial charge in [0.05, 0.1) is 5.56 Å². The van der Waals surface area contributed by atoms with E-state index in [1.54, 1.807) is 12.1 Å². The lowest BCUT2D eigenvalue weighted by molar-refractivity contribution is 0.0697. The molecule has 2 aromatic carbocycles. The summed E-state index contributed by atoms with van der Waals surface area (Å²) in [5, 5.41) is 15.4. The van der Waals surface area contributed by atoms with Gasteiger partial charge in [-0.25, -0.2) is 4.79 Å². The van der Waals surface area contributed by atoms with Gasteiger partial charge in [-0.05, 0) is 54.5 Å². The number of hydrogen-bond donors (Lipinski definition) is 3. The minimum Gasteiger partial charge on any atom is -0.478 e. The van der Waals surface area contributed by atoms with E-state index in [1.165, 1.54) is 17.7 Å². The number of thiocarbonyl (C=S) groups is 1. The van der Waals surface area contributed by atoms with E-state index >= 15 is 0 Å². The number of hydrogen-bond acceptors (Lipinski definition) is 2. The smallest absolute Gasteiger partial charge is 0.335 e. The number of benzene rings is 2. The average Bonchev–Trinajstić information content (AvgIpc) is 2.48. The Labute approximate surface area is 128 Å². The molecule has 0 aliphatic carbocycles. The van der Waals surface area contributed by atoms with E-state index in [4.69, 9.17) is 17.3 Å². The minimum atomic E-state index is -0.965. The maximum absolute atomic E-state index is 10.9. The zero-order valence-electron chi connectivity index (χ0n) is 11.6. The summed E-state index contributed by atoms with van der Waals surface area (Å²) in [6.07, 6.45) is 0.991. The molecule has 2 rings (SSSR count). The van der Waals surface area contributed by atoms with Crippen molar-refractivity contribution in [1.82, 2.24) is 0 Å². The molecular formula is C16H16N2O2S. The molecule has 0 aromatic heterocycles. The molecule has 0 fully saturated rings. The molecule has 0 unspecified atom stereocenters. The van der Waals surface area contributed by atoms with E-state index < -0.39 is 5.97 Å². The van der Waals surface area contributed by atoms with Crippen molar-refractivity contribution >= 4 is 34.7 Å². The molecule has 0 aliphatic rings. The van der Waals surface area contributed by atoms with Crippen molar-refractivity contribution in [3.05, 3.63) is 59.7 Å². The van der Waals surface area contributed by atoms with Crippen LogP contribution < -0.4 is 10.6 Å². The maximum atomic E-state index is 10.9.